The maximum atomic E-state index is 4.55. The predicted molar refractivity (Wildman–Crippen MR) is 109 cm³/mol. The molecule has 2 aliphatic rings. The van der Waals surface area contributed by atoms with Gasteiger partial charge >= 0.3 is 0 Å². The van der Waals surface area contributed by atoms with Gasteiger partial charge in [-0.15, -0.1) is 5.10 Å². The van der Waals surface area contributed by atoms with Gasteiger partial charge < -0.3 is 0 Å². The van der Waals surface area contributed by atoms with Crippen molar-refractivity contribution in [3.05, 3.63) is 76.6 Å². The lowest BCUT2D eigenvalue weighted by molar-refractivity contribution is 0.191. The van der Waals surface area contributed by atoms with E-state index in [0.29, 0.717) is 6.04 Å². The molecule has 1 atom stereocenters. The number of nitrogens with zero attached hydrogens (tertiary/aromatic N) is 5. The normalized spacial score (nSPS) is 18.9. The highest BCUT2D eigenvalue weighted by molar-refractivity contribution is 5.32. The molecule has 5 rings (SSSR count). The molecule has 1 aliphatic heterocycles. The van der Waals surface area contributed by atoms with E-state index < -0.39 is 0 Å². The van der Waals surface area contributed by atoms with Gasteiger partial charge in [0, 0.05) is 13.1 Å². The SMILES string of the molecule is Cc1ccc([C@H](c2nnnn2C2CCCC2)N2CCc3ccccc3C2)cc1. The Labute approximate surface area is 166 Å². The number of fused-ring (bicyclic) bond motifs is 1. The number of aryl methyl sites for hydroxylation is 1. The highest BCUT2D eigenvalue weighted by atomic mass is 15.6. The van der Waals surface area contributed by atoms with Crippen LogP contribution in [0.15, 0.2) is 48.5 Å². The van der Waals surface area contributed by atoms with Crippen LogP contribution in [0.1, 0.15) is 65.8 Å². The van der Waals surface area contributed by atoms with Crippen LogP contribution >= 0.6 is 0 Å². The van der Waals surface area contributed by atoms with Crippen molar-refractivity contribution in [1.82, 2.24) is 25.1 Å². The molecule has 2 aromatic carbocycles. The van der Waals surface area contributed by atoms with Crippen LogP contribution in [0.2, 0.25) is 0 Å². The zero-order chi connectivity index (χ0) is 18.9. The van der Waals surface area contributed by atoms with Gasteiger partial charge in [0.25, 0.3) is 0 Å². The lowest BCUT2D eigenvalue weighted by atomic mass is 9.95. The van der Waals surface area contributed by atoms with Crippen LogP contribution in [-0.2, 0) is 13.0 Å². The Hall–Kier alpha value is -2.53. The molecule has 0 unspecified atom stereocenters. The van der Waals surface area contributed by atoms with Crippen molar-refractivity contribution in [2.24, 2.45) is 0 Å². The van der Waals surface area contributed by atoms with Crippen LogP contribution in [0.4, 0.5) is 0 Å². The molecule has 1 saturated carbocycles. The third-order valence-electron chi connectivity index (χ3n) is 6.35. The highest BCUT2D eigenvalue weighted by Crippen LogP contribution is 2.36. The molecule has 0 bridgehead atoms. The molecule has 5 nitrogen and oxygen atoms in total. The van der Waals surface area contributed by atoms with Crippen molar-refractivity contribution in [3.8, 4) is 0 Å². The van der Waals surface area contributed by atoms with E-state index in [1.165, 1.54) is 47.9 Å². The number of rotatable bonds is 4. The van der Waals surface area contributed by atoms with Crippen molar-refractivity contribution in [2.75, 3.05) is 6.54 Å². The Balaban J connectivity index is 1.55. The van der Waals surface area contributed by atoms with Crippen molar-refractivity contribution in [2.45, 2.75) is 57.7 Å². The number of aromatic nitrogens is 4. The number of hydrogen-bond donors (Lipinski definition) is 0. The van der Waals surface area contributed by atoms with Crippen molar-refractivity contribution >= 4 is 0 Å². The van der Waals surface area contributed by atoms with Gasteiger partial charge in [-0.3, -0.25) is 4.90 Å². The molecule has 0 N–H and O–H groups in total. The van der Waals surface area contributed by atoms with Gasteiger partial charge in [0.2, 0.25) is 0 Å². The van der Waals surface area contributed by atoms with E-state index in [0.717, 1.165) is 25.3 Å². The third kappa shape index (κ3) is 3.24. The first-order valence-electron chi connectivity index (χ1n) is 10.4. The van der Waals surface area contributed by atoms with Gasteiger partial charge in [0.15, 0.2) is 5.82 Å². The molecule has 3 aromatic rings. The van der Waals surface area contributed by atoms with Gasteiger partial charge in [-0.1, -0.05) is 66.9 Å². The minimum Gasteiger partial charge on any atom is -0.285 e. The molecule has 0 amide bonds. The fourth-order valence-electron chi connectivity index (χ4n) is 4.80. The van der Waals surface area contributed by atoms with Crippen LogP contribution in [0.5, 0.6) is 0 Å². The van der Waals surface area contributed by atoms with E-state index in [2.05, 4.69) is 80.6 Å². The zero-order valence-electron chi connectivity index (χ0n) is 16.5. The molecule has 2 heterocycles. The standard InChI is InChI=1S/C23H27N5/c1-17-10-12-19(13-11-17)22(23-24-25-26-28(23)21-8-4-5-9-21)27-15-14-18-6-2-3-7-20(18)16-27/h2-3,6-7,10-13,21-22H,4-5,8-9,14-16H2,1H3/t22-/m1/s1. The summed E-state index contributed by atoms with van der Waals surface area (Å²) < 4.78 is 2.12. The second kappa shape index (κ2) is 7.47. The maximum absolute atomic E-state index is 4.55. The van der Waals surface area contributed by atoms with Crippen LogP contribution < -0.4 is 0 Å². The van der Waals surface area contributed by atoms with Crippen molar-refractivity contribution < 1.29 is 0 Å². The summed E-state index contributed by atoms with van der Waals surface area (Å²) in [4.78, 5) is 2.55. The Morgan fingerprint density at radius 2 is 1.71 bits per heavy atom. The Morgan fingerprint density at radius 3 is 2.50 bits per heavy atom. The molecule has 0 saturated heterocycles. The minimum atomic E-state index is 0.0876. The lowest BCUT2D eigenvalue weighted by Gasteiger charge is -2.35. The average molecular weight is 374 g/mol. The van der Waals surface area contributed by atoms with Crippen LogP contribution in [0, 0.1) is 6.92 Å². The number of hydrogen-bond acceptors (Lipinski definition) is 4. The summed E-state index contributed by atoms with van der Waals surface area (Å²) in [7, 11) is 0. The monoisotopic (exact) mass is 373 g/mol. The Bertz CT molecular complexity index is 940. The maximum Gasteiger partial charge on any atom is 0.173 e. The highest BCUT2D eigenvalue weighted by Gasteiger charge is 2.32. The van der Waals surface area contributed by atoms with Crippen molar-refractivity contribution in [1.29, 1.82) is 0 Å². The lowest BCUT2D eigenvalue weighted by Crippen LogP contribution is -2.36. The third-order valence-corrected chi connectivity index (χ3v) is 6.35. The quantitative estimate of drug-likeness (QED) is 0.686. The summed E-state index contributed by atoms with van der Waals surface area (Å²) in [6, 6.07) is 18.2. The molecule has 28 heavy (non-hydrogen) atoms. The largest absolute Gasteiger partial charge is 0.285 e. The molecule has 1 fully saturated rings. The molecule has 0 radical (unpaired) electrons. The number of tetrazole rings is 1. The van der Waals surface area contributed by atoms with E-state index in [1.807, 2.05) is 0 Å². The van der Waals surface area contributed by atoms with Crippen molar-refractivity contribution in [3.63, 3.8) is 0 Å². The molecule has 144 valence electrons. The average Bonchev–Trinajstić information content (AvgIpc) is 3.41. The summed E-state index contributed by atoms with van der Waals surface area (Å²) in [6.45, 7) is 4.10. The molecular formula is C23H27N5. The first-order chi connectivity index (χ1) is 13.8. The Kier molecular flexibility index (Phi) is 4.69. The summed E-state index contributed by atoms with van der Waals surface area (Å²) in [5.41, 5.74) is 5.45. The van der Waals surface area contributed by atoms with E-state index in [1.54, 1.807) is 0 Å². The smallest absolute Gasteiger partial charge is 0.173 e. The molecular weight excluding hydrogens is 346 g/mol. The first kappa shape index (κ1) is 17.6. The van der Waals surface area contributed by atoms with Gasteiger partial charge in [-0.05, 0) is 53.3 Å². The van der Waals surface area contributed by atoms with Gasteiger partial charge in [0.1, 0.15) is 0 Å². The Morgan fingerprint density at radius 1 is 0.964 bits per heavy atom. The minimum absolute atomic E-state index is 0.0876. The van der Waals surface area contributed by atoms with E-state index in [9.17, 15) is 0 Å². The molecule has 1 aliphatic carbocycles. The van der Waals surface area contributed by atoms with E-state index >= 15 is 0 Å². The first-order valence-corrected chi connectivity index (χ1v) is 10.4. The van der Waals surface area contributed by atoms with Gasteiger partial charge in [0.05, 0.1) is 12.1 Å². The van der Waals surface area contributed by atoms with Gasteiger partial charge in [-0.25, -0.2) is 4.68 Å². The summed E-state index contributed by atoms with van der Waals surface area (Å²) >= 11 is 0. The summed E-state index contributed by atoms with van der Waals surface area (Å²) in [5.74, 6) is 0.995. The molecule has 5 heteroatoms. The number of benzene rings is 2. The molecule has 1 aromatic heterocycles. The fourth-order valence-corrected chi connectivity index (χ4v) is 4.80. The zero-order valence-corrected chi connectivity index (χ0v) is 16.5. The van der Waals surface area contributed by atoms with Crippen LogP contribution in [0.3, 0.4) is 0 Å². The second-order valence-electron chi connectivity index (χ2n) is 8.22. The summed E-state index contributed by atoms with van der Waals surface area (Å²) in [6.07, 6.45) is 5.99. The van der Waals surface area contributed by atoms with Gasteiger partial charge in [-0.2, -0.15) is 0 Å². The van der Waals surface area contributed by atoms with E-state index in [-0.39, 0.29) is 6.04 Å². The predicted octanol–water partition coefficient (Wildman–Crippen LogP) is 4.24. The summed E-state index contributed by atoms with van der Waals surface area (Å²) in [5, 5.41) is 13.1. The second-order valence-corrected chi connectivity index (χ2v) is 8.22. The fraction of sp³-hybridized carbons (Fsp3) is 0.435. The topological polar surface area (TPSA) is 46.8 Å². The molecule has 0 spiro atoms. The van der Waals surface area contributed by atoms with E-state index in [4.69, 9.17) is 0 Å². The van der Waals surface area contributed by atoms with Crippen LogP contribution in [0.25, 0.3) is 0 Å². The van der Waals surface area contributed by atoms with Crippen LogP contribution in [-0.4, -0.2) is 31.7 Å².